The van der Waals surface area contributed by atoms with E-state index in [0.29, 0.717) is 24.6 Å². The molecule has 0 radical (unpaired) electrons. The molecule has 32 heavy (non-hydrogen) atoms. The number of amides is 2. The highest BCUT2D eigenvalue weighted by Gasteiger charge is 2.32. The van der Waals surface area contributed by atoms with Crippen LogP contribution in [0.25, 0.3) is 0 Å². The number of nitrogens with zero attached hydrogens (tertiary/aromatic N) is 3. The maximum absolute atomic E-state index is 13.3. The van der Waals surface area contributed by atoms with Crippen molar-refractivity contribution < 1.29 is 18.0 Å². The van der Waals surface area contributed by atoms with Gasteiger partial charge < -0.3 is 15.2 Å². The molecule has 1 aromatic carbocycles. The SMILES string of the molecule is CC(C)c1ccc(C(=O)N2CCN(S(=O)(=O)c3cc(C(N)=O)n(C)c3)CC2)c(C(C)C)c1. The molecule has 1 aliphatic rings. The fraction of sp³-hybridized carbons (Fsp3) is 0.478. The molecule has 2 heterocycles. The Labute approximate surface area is 190 Å². The van der Waals surface area contributed by atoms with E-state index in [-0.39, 0.29) is 35.5 Å². The third kappa shape index (κ3) is 4.59. The highest BCUT2D eigenvalue weighted by molar-refractivity contribution is 7.89. The first-order valence-electron chi connectivity index (χ1n) is 10.8. The Hall–Kier alpha value is -2.65. The van der Waals surface area contributed by atoms with Crippen molar-refractivity contribution in [3.8, 4) is 0 Å². The normalized spacial score (nSPS) is 15.5. The number of aromatic nitrogens is 1. The lowest BCUT2D eigenvalue weighted by Gasteiger charge is -2.34. The summed E-state index contributed by atoms with van der Waals surface area (Å²) in [6, 6.07) is 7.29. The van der Waals surface area contributed by atoms with Crippen LogP contribution in [0.3, 0.4) is 0 Å². The van der Waals surface area contributed by atoms with Gasteiger partial charge in [-0.15, -0.1) is 0 Å². The number of rotatable bonds is 6. The number of hydrogen-bond donors (Lipinski definition) is 1. The third-order valence-electron chi connectivity index (χ3n) is 5.99. The minimum absolute atomic E-state index is 0.0277. The highest BCUT2D eigenvalue weighted by Crippen LogP contribution is 2.27. The van der Waals surface area contributed by atoms with Crippen LogP contribution < -0.4 is 5.73 Å². The molecule has 2 aromatic rings. The summed E-state index contributed by atoms with van der Waals surface area (Å²) in [4.78, 5) is 26.5. The van der Waals surface area contributed by atoms with Gasteiger partial charge in [0.2, 0.25) is 10.0 Å². The lowest BCUT2D eigenvalue weighted by molar-refractivity contribution is 0.0696. The van der Waals surface area contributed by atoms with E-state index in [9.17, 15) is 18.0 Å². The standard InChI is InChI=1S/C23H32N4O4S/c1-15(2)17-6-7-19(20(12-17)16(3)4)23(29)26-8-10-27(11-9-26)32(30,31)18-13-21(22(24)28)25(5)14-18/h6-7,12-16H,8-11H2,1-5H3,(H2,24,28). The fourth-order valence-electron chi connectivity index (χ4n) is 3.98. The van der Waals surface area contributed by atoms with Gasteiger partial charge in [0, 0.05) is 45.0 Å². The molecule has 0 spiro atoms. The van der Waals surface area contributed by atoms with E-state index in [4.69, 9.17) is 5.73 Å². The molecule has 3 rings (SSSR count). The van der Waals surface area contributed by atoms with Gasteiger partial charge in [0.05, 0.1) is 0 Å². The largest absolute Gasteiger partial charge is 0.364 e. The fourth-order valence-corrected chi connectivity index (χ4v) is 5.48. The summed E-state index contributed by atoms with van der Waals surface area (Å²) in [7, 11) is -2.21. The van der Waals surface area contributed by atoms with Crippen molar-refractivity contribution in [3.05, 3.63) is 52.8 Å². The van der Waals surface area contributed by atoms with Gasteiger partial charge in [0.1, 0.15) is 10.6 Å². The van der Waals surface area contributed by atoms with E-state index in [1.54, 1.807) is 11.9 Å². The van der Waals surface area contributed by atoms with Gasteiger partial charge in [-0.3, -0.25) is 9.59 Å². The van der Waals surface area contributed by atoms with Crippen LogP contribution in [0.15, 0.2) is 35.4 Å². The molecule has 8 nitrogen and oxygen atoms in total. The number of carbonyl (C=O) groups excluding carboxylic acids is 2. The van der Waals surface area contributed by atoms with Crippen molar-refractivity contribution in [2.45, 2.75) is 44.4 Å². The first kappa shape index (κ1) is 24.0. The second kappa shape index (κ2) is 9.07. The van der Waals surface area contributed by atoms with E-state index < -0.39 is 15.9 Å². The zero-order chi connectivity index (χ0) is 23.8. The summed E-state index contributed by atoms with van der Waals surface area (Å²) < 4.78 is 28.8. The Morgan fingerprint density at radius 1 is 0.969 bits per heavy atom. The van der Waals surface area contributed by atoms with E-state index >= 15 is 0 Å². The number of benzene rings is 1. The predicted octanol–water partition coefficient (Wildman–Crippen LogP) is 2.52. The predicted molar refractivity (Wildman–Crippen MR) is 123 cm³/mol. The first-order chi connectivity index (χ1) is 14.9. The van der Waals surface area contributed by atoms with Crippen LogP contribution in [0, 0.1) is 0 Å². The van der Waals surface area contributed by atoms with Crippen molar-refractivity contribution in [3.63, 3.8) is 0 Å². The number of nitrogens with two attached hydrogens (primary N) is 1. The Morgan fingerprint density at radius 3 is 2.09 bits per heavy atom. The summed E-state index contributed by atoms with van der Waals surface area (Å²) in [5.74, 6) is -0.184. The third-order valence-corrected chi connectivity index (χ3v) is 7.85. The van der Waals surface area contributed by atoms with Crippen molar-refractivity contribution in [2.75, 3.05) is 26.2 Å². The van der Waals surface area contributed by atoms with Gasteiger partial charge in [-0.2, -0.15) is 4.31 Å². The average Bonchev–Trinajstić information content (AvgIpc) is 3.15. The molecule has 174 valence electrons. The summed E-state index contributed by atoms with van der Waals surface area (Å²) in [5.41, 5.74) is 8.31. The molecule has 2 amide bonds. The molecule has 0 unspecified atom stereocenters. The van der Waals surface area contributed by atoms with Gasteiger partial charge in [-0.05, 0) is 35.1 Å². The zero-order valence-corrected chi connectivity index (χ0v) is 20.1. The zero-order valence-electron chi connectivity index (χ0n) is 19.3. The molecule has 0 atom stereocenters. The molecule has 1 fully saturated rings. The van der Waals surface area contributed by atoms with Crippen LogP contribution in [-0.2, 0) is 17.1 Å². The molecule has 0 saturated carbocycles. The van der Waals surface area contributed by atoms with Crippen LogP contribution in [0.5, 0.6) is 0 Å². The molecule has 2 N–H and O–H groups in total. The molecule has 9 heteroatoms. The minimum Gasteiger partial charge on any atom is -0.364 e. The van der Waals surface area contributed by atoms with Gasteiger partial charge in [0.25, 0.3) is 11.8 Å². The smallest absolute Gasteiger partial charge is 0.265 e. The average molecular weight is 461 g/mol. The molecule has 0 bridgehead atoms. The van der Waals surface area contributed by atoms with Crippen molar-refractivity contribution in [2.24, 2.45) is 12.8 Å². The second-order valence-electron chi connectivity index (χ2n) is 8.89. The van der Waals surface area contributed by atoms with Crippen LogP contribution in [0.2, 0.25) is 0 Å². The van der Waals surface area contributed by atoms with E-state index in [1.165, 1.54) is 26.7 Å². The van der Waals surface area contributed by atoms with E-state index in [2.05, 4.69) is 33.8 Å². The molecule has 1 saturated heterocycles. The Balaban J connectivity index is 1.76. The van der Waals surface area contributed by atoms with Crippen molar-refractivity contribution in [1.29, 1.82) is 0 Å². The van der Waals surface area contributed by atoms with Crippen molar-refractivity contribution >= 4 is 21.8 Å². The van der Waals surface area contributed by atoms with Gasteiger partial charge in [-0.1, -0.05) is 39.8 Å². The monoisotopic (exact) mass is 460 g/mol. The maximum atomic E-state index is 13.3. The van der Waals surface area contributed by atoms with E-state index in [1.807, 2.05) is 12.1 Å². The van der Waals surface area contributed by atoms with Crippen LogP contribution in [0.4, 0.5) is 0 Å². The number of primary amides is 1. The number of hydrogen-bond acceptors (Lipinski definition) is 4. The van der Waals surface area contributed by atoms with Crippen LogP contribution >= 0.6 is 0 Å². The van der Waals surface area contributed by atoms with Crippen LogP contribution in [0.1, 0.15) is 71.5 Å². The number of sulfonamides is 1. The summed E-state index contributed by atoms with van der Waals surface area (Å²) >= 11 is 0. The molecular formula is C23H32N4O4S. The molecule has 0 aliphatic carbocycles. The Bertz CT molecular complexity index is 1130. The molecule has 1 aromatic heterocycles. The van der Waals surface area contributed by atoms with Gasteiger partial charge in [0.15, 0.2) is 0 Å². The molecule has 1 aliphatic heterocycles. The number of aryl methyl sites for hydroxylation is 1. The van der Waals surface area contributed by atoms with E-state index in [0.717, 1.165) is 5.56 Å². The number of piperazine rings is 1. The number of carbonyl (C=O) groups is 2. The summed E-state index contributed by atoms with van der Waals surface area (Å²) in [6.07, 6.45) is 1.39. The topological polar surface area (TPSA) is 106 Å². The summed E-state index contributed by atoms with van der Waals surface area (Å²) in [6.45, 7) is 9.38. The summed E-state index contributed by atoms with van der Waals surface area (Å²) in [5, 5.41) is 0. The molecular weight excluding hydrogens is 428 g/mol. The highest BCUT2D eigenvalue weighted by atomic mass is 32.2. The second-order valence-corrected chi connectivity index (χ2v) is 10.8. The quantitative estimate of drug-likeness (QED) is 0.715. The minimum atomic E-state index is -3.78. The Kier molecular flexibility index (Phi) is 6.80. The van der Waals surface area contributed by atoms with Crippen LogP contribution in [-0.4, -0.2) is 60.2 Å². The maximum Gasteiger partial charge on any atom is 0.265 e. The first-order valence-corrected chi connectivity index (χ1v) is 12.3. The van der Waals surface area contributed by atoms with Crippen molar-refractivity contribution in [1.82, 2.24) is 13.8 Å². The van der Waals surface area contributed by atoms with Gasteiger partial charge >= 0.3 is 0 Å². The lowest BCUT2D eigenvalue weighted by atomic mass is 9.91. The Morgan fingerprint density at radius 2 is 1.59 bits per heavy atom. The lowest BCUT2D eigenvalue weighted by Crippen LogP contribution is -2.50. The van der Waals surface area contributed by atoms with Gasteiger partial charge in [-0.25, -0.2) is 8.42 Å².